The zero-order valence-corrected chi connectivity index (χ0v) is 8.57. The second kappa shape index (κ2) is 3.77. The summed E-state index contributed by atoms with van der Waals surface area (Å²) in [5.74, 6) is -1.59. The van der Waals surface area contributed by atoms with E-state index in [2.05, 4.69) is 10.1 Å². The normalized spacial score (nSPS) is 13.3. The predicted molar refractivity (Wildman–Crippen MR) is 55.1 cm³/mol. The summed E-state index contributed by atoms with van der Waals surface area (Å²) in [6.45, 7) is 0. The van der Waals surface area contributed by atoms with Crippen LogP contribution in [0.25, 0.3) is 0 Å². The lowest BCUT2D eigenvalue weighted by Gasteiger charge is -2.02. The Bertz CT molecular complexity index is 493. The Balaban J connectivity index is 2.30. The molecule has 0 spiro atoms. The van der Waals surface area contributed by atoms with Gasteiger partial charge in [-0.25, -0.2) is 0 Å². The zero-order valence-electron chi connectivity index (χ0n) is 8.57. The van der Waals surface area contributed by atoms with Crippen LogP contribution in [0.1, 0.15) is 15.9 Å². The maximum absolute atomic E-state index is 11.4. The highest BCUT2D eigenvalue weighted by molar-refractivity contribution is 6.51. The molecule has 0 aromatic heterocycles. The molecule has 16 heavy (non-hydrogen) atoms. The Morgan fingerprint density at radius 3 is 2.81 bits per heavy atom. The van der Waals surface area contributed by atoms with E-state index in [0.717, 1.165) is 0 Å². The molecule has 0 unspecified atom stereocenters. The molecule has 82 valence electrons. The van der Waals surface area contributed by atoms with Crippen LogP contribution in [-0.4, -0.2) is 24.8 Å². The number of anilines is 1. The second-order valence-corrected chi connectivity index (χ2v) is 3.42. The zero-order chi connectivity index (χ0) is 11.7. The van der Waals surface area contributed by atoms with Crippen LogP contribution in [0.5, 0.6) is 0 Å². The van der Waals surface area contributed by atoms with E-state index in [1.807, 2.05) is 0 Å². The van der Waals surface area contributed by atoms with E-state index in [9.17, 15) is 14.4 Å². The number of methoxy groups -OCH3 is 1. The third-order valence-corrected chi connectivity index (χ3v) is 2.36. The van der Waals surface area contributed by atoms with Gasteiger partial charge in [0.2, 0.25) is 0 Å². The fourth-order valence-electron chi connectivity index (χ4n) is 1.54. The number of Topliss-reactive ketones (excluding diaryl/α,β-unsaturated/α-hetero) is 1. The van der Waals surface area contributed by atoms with Crippen LogP contribution in [0.3, 0.4) is 0 Å². The topological polar surface area (TPSA) is 72.5 Å². The molecule has 0 radical (unpaired) electrons. The van der Waals surface area contributed by atoms with E-state index in [-0.39, 0.29) is 12.4 Å². The first kappa shape index (κ1) is 10.4. The Morgan fingerprint density at radius 2 is 2.12 bits per heavy atom. The lowest BCUT2D eigenvalue weighted by molar-refractivity contribution is -0.139. The number of hydrogen-bond donors (Lipinski definition) is 1. The molecule has 0 bridgehead atoms. The van der Waals surface area contributed by atoms with Gasteiger partial charge in [0.05, 0.1) is 24.8 Å². The highest BCUT2D eigenvalue weighted by Gasteiger charge is 2.27. The van der Waals surface area contributed by atoms with Crippen molar-refractivity contribution in [1.82, 2.24) is 0 Å². The number of esters is 1. The lowest BCUT2D eigenvalue weighted by atomic mass is 10.1. The Hall–Kier alpha value is -2.17. The monoisotopic (exact) mass is 219 g/mol. The van der Waals surface area contributed by atoms with Gasteiger partial charge in [-0.15, -0.1) is 0 Å². The molecule has 1 heterocycles. The molecule has 0 fully saturated rings. The van der Waals surface area contributed by atoms with Crippen LogP contribution in [0.4, 0.5) is 5.69 Å². The highest BCUT2D eigenvalue weighted by atomic mass is 16.5. The van der Waals surface area contributed by atoms with Gasteiger partial charge in [-0.1, -0.05) is 6.07 Å². The van der Waals surface area contributed by atoms with Crippen LogP contribution < -0.4 is 5.32 Å². The van der Waals surface area contributed by atoms with Crippen molar-refractivity contribution >= 4 is 23.3 Å². The van der Waals surface area contributed by atoms with Gasteiger partial charge >= 0.3 is 5.97 Å². The van der Waals surface area contributed by atoms with Gasteiger partial charge in [-0.3, -0.25) is 14.4 Å². The number of carbonyl (C=O) groups is 3. The number of ketones is 1. The predicted octanol–water partition coefficient (Wildman–Crippen LogP) is 0.537. The molecule has 0 saturated carbocycles. The first-order chi connectivity index (χ1) is 7.61. The molecule has 1 aliphatic rings. The van der Waals surface area contributed by atoms with E-state index in [1.54, 1.807) is 12.1 Å². The Kier molecular flexibility index (Phi) is 2.44. The summed E-state index contributed by atoms with van der Waals surface area (Å²) in [4.78, 5) is 33.5. The summed E-state index contributed by atoms with van der Waals surface area (Å²) in [5, 5.41) is 2.44. The van der Waals surface area contributed by atoms with Gasteiger partial charge in [0.15, 0.2) is 0 Å². The van der Waals surface area contributed by atoms with Crippen LogP contribution in [0, 0.1) is 0 Å². The number of amides is 1. The van der Waals surface area contributed by atoms with Crippen LogP contribution >= 0.6 is 0 Å². The van der Waals surface area contributed by atoms with Gasteiger partial charge in [0.1, 0.15) is 0 Å². The molecule has 0 aliphatic carbocycles. The number of hydrogen-bond acceptors (Lipinski definition) is 4. The van der Waals surface area contributed by atoms with Crippen molar-refractivity contribution < 1.29 is 19.1 Å². The molecule has 5 nitrogen and oxygen atoms in total. The molecule has 5 heteroatoms. The van der Waals surface area contributed by atoms with Gasteiger partial charge in [0, 0.05) is 0 Å². The Labute approximate surface area is 91.4 Å². The summed E-state index contributed by atoms with van der Waals surface area (Å²) in [6.07, 6.45) is 0.0885. The maximum Gasteiger partial charge on any atom is 0.309 e. The summed E-state index contributed by atoms with van der Waals surface area (Å²) < 4.78 is 4.52. The van der Waals surface area contributed by atoms with Crippen molar-refractivity contribution in [3.8, 4) is 0 Å². The van der Waals surface area contributed by atoms with Gasteiger partial charge in [0.25, 0.3) is 11.7 Å². The Morgan fingerprint density at radius 1 is 1.38 bits per heavy atom. The number of ether oxygens (including phenoxy) is 1. The first-order valence-corrected chi connectivity index (χ1v) is 4.67. The minimum absolute atomic E-state index is 0.0885. The third kappa shape index (κ3) is 1.67. The maximum atomic E-state index is 11.4. The van der Waals surface area contributed by atoms with Crippen LogP contribution in [-0.2, 0) is 20.7 Å². The van der Waals surface area contributed by atoms with E-state index in [0.29, 0.717) is 16.8 Å². The summed E-state index contributed by atoms with van der Waals surface area (Å²) in [5.41, 5.74) is 1.45. The minimum atomic E-state index is -0.634. The van der Waals surface area contributed by atoms with Gasteiger partial charge in [-0.05, 0) is 17.7 Å². The van der Waals surface area contributed by atoms with E-state index >= 15 is 0 Å². The molecule has 1 amide bonds. The quantitative estimate of drug-likeness (QED) is 0.582. The molecule has 1 N–H and O–H groups in total. The van der Waals surface area contributed by atoms with E-state index < -0.39 is 11.7 Å². The number of benzene rings is 1. The van der Waals surface area contributed by atoms with Crippen molar-refractivity contribution in [1.29, 1.82) is 0 Å². The molecular weight excluding hydrogens is 210 g/mol. The SMILES string of the molecule is COC(=O)Cc1ccc2c(c1)C(=O)C(=O)N2. The van der Waals surface area contributed by atoms with Crippen LogP contribution in [0.15, 0.2) is 18.2 Å². The average molecular weight is 219 g/mol. The summed E-state index contributed by atoms with van der Waals surface area (Å²) in [7, 11) is 1.30. The average Bonchev–Trinajstić information content (AvgIpc) is 2.55. The standard InChI is InChI=1S/C11H9NO4/c1-16-9(13)5-6-2-3-8-7(4-6)10(14)11(15)12-8/h2-4H,5H2,1H3,(H,12,14,15). The number of carbonyl (C=O) groups excluding carboxylic acids is 3. The fourth-order valence-corrected chi connectivity index (χ4v) is 1.54. The summed E-state index contributed by atoms with van der Waals surface area (Å²) >= 11 is 0. The second-order valence-electron chi connectivity index (χ2n) is 3.42. The minimum Gasteiger partial charge on any atom is -0.469 e. The molecule has 0 saturated heterocycles. The van der Waals surface area contributed by atoms with E-state index in [4.69, 9.17) is 0 Å². The molecule has 1 aromatic carbocycles. The molecule has 0 atom stereocenters. The molecule has 1 aliphatic heterocycles. The van der Waals surface area contributed by atoms with Crippen molar-refractivity contribution in [3.63, 3.8) is 0 Å². The smallest absolute Gasteiger partial charge is 0.309 e. The molecule has 1 aromatic rings. The molecular formula is C11H9NO4. The molecule has 2 rings (SSSR count). The fraction of sp³-hybridized carbons (Fsp3) is 0.182. The lowest BCUT2D eigenvalue weighted by Crippen LogP contribution is -2.12. The van der Waals surface area contributed by atoms with Crippen molar-refractivity contribution in [2.75, 3.05) is 12.4 Å². The number of nitrogens with one attached hydrogen (secondary N) is 1. The highest BCUT2D eigenvalue weighted by Crippen LogP contribution is 2.24. The van der Waals surface area contributed by atoms with Gasteiger partial charge < -0.3 is 10.1 Å². The van der Waals surface area contributed by atoms with Gasteiger partial charge in [-0.2, -0.15) is 0 Å². The number of rotatable bonds is 2. The number of fused-ring (bicyclic) bond motifs is 1. The summed E-state index contributed by atoms with van der Waals surface area (Å²) in [6, 6.07) is 4.82. The van der Waals surface area contributed by atoms with Crippen molar-refractivity contribution in [3.05, 3.63) is 29.3 Å². The van der Waals surface area contributed by atoms with Crippen molar-refractivity contribution in [2.24, 2.45) is 0 Å². The third-order valence-electron chi connectivity index (χ3n) is 2.36. The largest absolute Gasteiger partial charge is 0.469 e. The van der Waals surface area contributed by atoms with E-state index in [1.165, 1.54) is 13.2 Å². The van der Waals surface area contributed by atoms with Crippen LogP contribution in [0.2, 0.25) is 0 Å². The van der Waals surface area contributed by atoms with Crippen molar-refractivity contribution in [2.45, 2.75) is 6.42 Å². The first-order valence-electron chi connectivity index (χ1n) is 4.67.